The lowest BCUT2D eigenvalue weighted by Gasteiger charge is -2.32. The zero-order chi connectivity index (χ0) is 37.6. The number of pyridine rings is 1. The molecule has 0 unspecified atom stereocenters. The first-order valence-corrected chi connectivity index (χ1v) is 20.5. The first-order chi connectivity index (χ1) is 25.7. The second-order valence-corrected chi connectivity index (χ2v) is 16.0. The number of anilines is 2. The van der Waals surface area contributed by atoms with Crippen LogP contribution in [-0.4, -0.2) is 44.8 Å². The monoisotopic (exact) mass is 741 g/mol. The Kier molecular flexibility index (Phi) is 15.1. The summed E-state index contributed by atoms with van der Waals surface area (Å²) < 4.78 is 13.7. The standard InChI is InChI=1S/C43H59N5O4S/c1-6-44-34-22-21-32(26-30(34)2)23-24-45-41-40-39(46-29-47-41)38-37(33-28-52-43(4,5)27-35(33)48-42(38)53-40)31(3)51-25-19-17-15-13-11-9-7-8-10-12-14-16-18-20-36(49)50/h6,21-22,26,29,44H,1,3,7-20,23-25,27-28H2,2,4-5H3,(H,49,50)(H,45,46,47). The van der Waals surface area contributed by atoms with E-state index >= 15 is 0 Å². The van der Waals surface area contributed by atoms with Crippen molar-refractivity contribution in [1.82, 2.24) is 15.0 Å². The molecule has 0 spiro atoms. The summed E-state index contributed by atoms with van der Waals surface area (Å²) in [6.07, 6.45) is 20.5. The van der Waals surface area contributed by atoms with E-state index in [2.05, 4.69) is 67.7 Å². The first kappa shape index (κ1) is 40.2. The number of thiophene rings is 1. The molecule has 286 valence electrons. The average Bonchev–Trinajstić information content (AvgIpc) is 3.49. The van der Waals surface area contributed by atoms with Crippen molar-refractivity contribution in [2.24, 2.45) is 0 Å². The number of benzene rings is 1. The number of carbonyl (C=O) groups is 1. The quantitative estimate of drug-likeness (QED) is 0.0476. The van der Waals surface area contributed by atoms with Gasteiger partial charge in [0.05, 0.1) is 34.7 Å². The van der Waals surface area contributed by atoms with Crippen LogP contribution in [0.3, 0.4) is 0 Å². The Hall–Kier alpha value is -4.02. The van der Waals surface area contributed by atoms with Gasteiger partial charge in [-0.15, -0.1) is 11.3 Å². The molecular weight excluding hydrogens is 683 g/mol. The van der Waals surface area contributed by atoms with Crippen molar-refractivity contribution in [3.63, 3.8) is 0 Å². The molecule has 1 aliphatic heterocycles. The number of aryl methyl sites for hydroxylation is 1. The third-order valence-electron chi connectivity index (χ3n) is 10.1. The lowest BCUT2D eigenvalue weighted by molar-refractivity contribution is -0.137. The van der Waals surface area contributed by atoms with Crippen LogP contribution in [0.1, 0.15) is 132 Å². The number of nitrogens with one attached hydrogen (secondary N) is 2. The van der Waals surface area contributed by atoms with Crippen molar-refractivity contribution >= 4 is 55.0 Å². The number of hydrogen-bond donors (Lipinski definition) is 3. The van der Waals surface area contributed by atoms with Crippen molar-refractivity contribution in [2.45, 2.75) is 136 Å². The third-order valence-corrected chi connectivity index (χ3v) is 11.2. The van der Waals surface area contributed by atoms with E-state index in [-0.39, 0.29) is 5.60 Å². The minimum atomic E-state index is -0.680. The number of carboxylic acid groups (broad SMARTS) is 1. The molecule has 9 nitrogen and oxygen atoms in total. The number of fused-ring (bicyclic) bond motifs is 4. The minimum absolute atomic E-state index is 0.293. The first-order valence-electron chi connectivity index (χ1n) is 19.6. The van der Waals surface area contributed by atoms with Crippen molar-refractivity contribution in [3.8, 4) is 0 Å². The lowest BCUT2D eigenvalue weighted by atomic mass is 9.91. The highest BCUT2D eigenvalue weighted by Gasteiger charge is 2.32. The van der Waals surface area contributed by atoms with Gasteiger partial charge in [-0.2, -0.15) is 0 Å². The van der Waals surface area contributed by atoms with Gasteiger partial charge in [0.15, 0.2) is 0 Å². The number of hydrogen-bond acceptors (Lipinski definition) is 9. The van der Waals surface area contributed by atoms with E-state index in [1.807, 2.05) is 0 Å². The average molecular weight is 742 g/mol. The molecule has 3 aromatic heterocycles. The molecule has 5 rings (SSSR count). The van der Waals surface area contributed by atoms with Crippen LogP contribution >= 0.6 is 11.3 Å². The van der Waals surface area contributed by atoms with Crippen molar-refractivity contribution in [1.29, 1.82) is 0 Å². The molecule has 0 bridgehead atoms. The van der Waals surface area contributed by atoms with E-state index in [9.17, 15) is 4.79 Å². The van der Waals surface area contributed by atoms with E-state index in [0.29, 0.717) is 25.4 Å². The minimum Gasteiger partial charge on any atom is -0.494 e. The number of rotatable bonds is 24. The summed E-state index contributed by atoms with van der Waals surface area (Å²) in [5, 5.41) is 16.5. The number of aromatic nitrogens is 3. The Morgan fingerprint density at radius 1 is 1.02 bits per heavy atom. The van der Waals surface area contributed by atoms with Gasteiger partial charge in [0, 0.05) is 41.6 Å². The Morgan fingerprint density at radius 2 is 1.70 bits per heavy atom. The molecule has 0 amide bonds. The van der Waals surface area contributed by atoms with Gasteiger partial charge >= 0.3 is 5.97 Å². The maximum Gasteiger partial charge on any atom is 0.303 e. The Balaban J connectivity index is 1.15. The summed E-state index contributed by atoms with van der Waals surface area (Å²) in [6, 6.07) is 6.45. The summed E-state index contributed by atoms with van der Waals surface area (Å²) in [7, 11) is 0. The van der Waals surface area contributed by atoms with Gasteiger partial charge in [0.25, 0.3) is 0 Å². The number of aliphatic carboxylic acids is 1. The fourth-order valence-electron chi connectivity index (χ4n) is 7.21. The largest absolute Gasteiger partial charge is 0.494 e. The Morgan fingerprint density at radius 3 is 2.36 bits per heavy atom. The number of ether oxygens (including phenoxy) is 2. The predicted octanol–water partition coefficient (Wildman–Crippen LogP) is 11.1. The van der Waals surface area contributed by atoms with Gasteiger partial charge in [0.2, 0.25) is 0 Å². The van der Waals surface area contributed by atoms with Crippen LogP contribution in [0.5, 0.6) is 0 Å². The highest BCUT2D eigenvalue weighted by atomic mass is 32.1. The van der Waals surface area contributed by atoms with Crippen molar-refractivity contribution < 1.29 is 19.4 Å². The van der Waals surface area contributed by atoms with Gasteiger partial charge in [-0.25, -0.2) is 15.0 Å². The Labute approximate surface area is 319 Å². The molecule has 0 saturated carbocycles. The molecule has 0 aliphatic carbocycles. The van der Waals surface area contributed by atoms with Crippen LogP contribution in [0.15, 0.2) is 43.9 Å². The second kappa shape index (κ2) is 19.9. The fraction of sp³-hybridized carbons (Fsp3) is 0.535. The van der Waals surface area contributed by atoms with Gasteiger partial charge in [0.1, 0.15) is 22.7 Å². The molecule has 0 atom stereocenters. The fourth-order valence-corrected chi connectivity index (χ4v) is 8.34. The van der Waals surface area contributed by atoms with E-state index in [1.165, 1.54) is 62.5 Å². The highest BCUT2D eigenvalue weighted by Crippen LogP contribution is 2.43. The second-order valence-electron chi connectivity index (χ2n) is 15.0. The summed E-state index contributed by atoms with van der Waals surface area (Å²) in [5.74, 6) is 0.800. The smallest absolute Gasteiger partial charge is 0.303 e. The highest BCUT2D eigenvalue weighted by molar-refractivity contribution is 7.26. The van der Waals surface area contributed by atoms with E-state index in [0.717, 1.165) is 100 Å². The molecule has 4 heterocycles. The summed E-state index contributed by atoms with van der Waals surface area (Å²) in [5.41, 5.74) is 7.16. The van der Waals surface area contributed by atoms with E-state index < -0.39 is 5.97 Å². The molecule has 0 radical (unpaired) electrons. The molecule has 4 aromatic rings. The SMILES string of the molecule is C=CNc1ccc(CCNc2ncnc3c2sc2nc4c(c(C(=C)OCCCCCCCCCCCCCCCC(=O)O)c23)COC(C)(C)C4)cc1C. The maximum absolute atomic E-state index is 10.6. The van der Waals surface area contributed by atoms with Gasteiger partial charge in [-0.05, 0) is 63.4 Å². The maximum atomic E-state index is 10.6. The van der Waals surface area contributed by atoms with E-state index in [4.69, 9.17) is 24.5 Å². The molecule has 1 aromatic carbocycles. The van der Waals surface area contributed by atoms with Crippen LogP contribution in [0.25, 0.3) is 26.2 Å². The van der Waals surface area contributed by atoms with E-state index in [1.54, 1.807) is 23.9 Å². The number of carboxylic acids is 1. The molecule has 0 saturated heterocycles. The molecule has 53 heavy (non-hydrogen) atoms. The Bertz CT molecular complexity index is 1850. The molecule has 0 fully saturated rings. The predicted molar refractivity (Wildman–Crippen MR) is 220 cm³/mol. The van der Waals surface area contributed by atoms with Crippen LogP contribution in [0.2, 0.25) is 0 Å². The topological polar surface area (TPSA) is 118 Å². The summed E-state index contributed by atoms with van der Waals surface area (Å²) in [4.78, 5) is 26.2. The van der Waals surface area contributed by atoms with Crippen molar-refractivity contribution in [3.05, 3.63) is 71.8 Å². The third kappa shape index (κ3) is 11.5. The van der Waals surface area contributed by atoms with Crippen LogP contribution in [0.4, 0.5) is 11.5 Å². The lowest BCUT2D eigenvalue weighted by Crippen LogP contribution is -2.33. The van der Waals surface area contributed by atoms with Crippen LogP contribution in [0, 0.1) is 6.92 Å². The molecule has 1 aliphatic rings. The zero-order valence-electron chi connectivity index (χ0n) is 32.2. The number of unbranched alkanes of at least 4 members (excludes halogenated alkanes) is 12. The van der Waals surface area contributed by atoms with Gasteiger partial charge in [-0.1, -0.05) is 95.9 Å². The summed E-state index contributed by atoms with van der Waals surface area (Å²) >= 11 is 1.63. The van der Waals surface area contributed by atoms with Crippen molar-refractivity contribution in [2.75, 3.05) is 23.8 Å². The van der Waals surface area contributed by atoms with Gasteiger partial charge in [-0.3, -0.25) is 4.79 Å². The van der Waals surface area contributed by atoms with Crippen LogP contribution < -0.4 is 10.6 Å². The van der Waals surface area contributed by atoms with Crippen LogP contribution in [-0.2, 0) is 33.7 Å². The normalized spacial score (nSPS) is 13.6. The molecule has 10 heteroatoms. The number of nitrogens with zero attached hydrogens (tertiary/aromatic N) is 3. The zero-order valence-corrected chi connectivity index (χ0v) is 33.0. The molecule has 3 N–H and O–H groups in total. The molecular formula is C43H59N5O4S. The summed E-state index contributed by atoms with van der Waals surface area (Å²) in [6.45, 7) is 16.4. The van der Waals surface area contributed by atoms with Gasteiger partial charge < -0.3 is 25.2 Å².